The van der Waals surface area contributed by atoms with Crippen molar-refractivity contribution in [3.8, 4) is 22.9 Å². The number of halogens is 2. The average Bonchev–Trinajstić information content (AvgIpc) is 3.05. The summed E-state index contributed by atoms with van der Waals surface area (Å²) in [7, 11) is 0. The van der Waals surface area contributed by atoms with Gasteiger partial charge in [-0.05, 0) is 37.1 Å². The van der Waals surface area contributed by atoms with Gasteiger partial charge in [-0.25, -0.2) is 14.4 Å². The fourth-order valence-electron chi connectivity index (χ4n) is 3.74. The molecule has 4 aromatic rings. The second-order valence-electron chi connectivity index (χ2n) is 7.36. The van der Waals surface area contributed by atoms with Crippen molar-refractivity contribution in [2.45, 2.75) is 24.9 Å². The van der Waals surface area contributed by atoms with Gasteiger partial charge < -0.3 is 16.2 Å². The second kappa shape index (κ2) is 7.23. The minimum Gasteiger partial charge on any atom is -0.439 e. The maximum Gasteiger partial charge on any atom is 0.219 e. The van der Waals surface area contributed by atoms with E-state index in [0.717, 1.165) is 29.3 Å². The van der Waals surface area contributed by atoms with Crippen LogP contribution >= 0.6 is 11.6 Å². The molecule has 3 aromatic heterocycles. The zero-order valence-corrected chi connectivity index (χ0v) is 16.6. The van der Waals surface area contributed by atoms with Gasteiger partial charge in [0.2, 0.25) is 5.88 Å². The molecule has 4 N–H and O–H groups in total. The van der Waals surface area contributed by atoms with Crippen LogP contribution in [-0.4, -0.2) is 25.8 Å². The molecular weight excluding hydrogens is 407 g/mol. The molecule has 0 spiro atoms. The normalized spacial score (nSPS) is 18.4. The van der Waals surface area contributed by atoms with Crippen molar-refractivity contribution >= 4 is 28.3 Å². The first-order chi connectivity index (χ1) is 14.5. The lowest BCUT2D eigenvalue weighted by atomic mass is 9.88. The minimum absolute atomic E-state index is 0.191. The van der Waals surface area contributed by atoms with Crippen molar-refractivity contribution in [3.05, 3.63) is 59.6 Å². The lowest BCUT2D eigenvalue weighted by molar-refractivity contribution is 0.254. The number of hydrogen-bond donors (Lipinski definition) is 2. The SMILES string of the molecule is Nc1nccc2c1c(-c1ccnc(Oc3cc(F)cc(Cl)c3)c1)nn2[C@H]1C[C@@H](N)C1. The van der Waals surface area contributed by atoms with E-state index in [9.17, 15) is 4.39 Å². The van der Waals surface area contributed by atoms with Crippen molar-refractivity contribution in [3.63, 3.8) is 0 Å². The number of nitrogen functional groups attached to an aromatic ring is 1. The summed E-state index contributed by atoms with van der Waals surface area (Å²) in [5.74, 6) is 0.444. The third kappa shape index (κ3) is 3.34. The molecule has 5 rings (SSSR count). The molecule has 9 heteroatoms. The third-order valence-electron chi connectivity index (χ3n) is 5.21. The van der Waals surface area contributed by atoms with Crippen LogP contribution in [0, 0.1) is 5.82 Å². The highest BCUT2D eigenvalue weighted by Gasteiger charge is 2.30. The lowest BCUT2D eigenvalue weighted by Gasteiger charge is -2.32. The van der Waals surface area contributed by atoms with Gasteiger partial charge in [-0.1, -0.05) is 11.6 Å². The average molecular weight is 425 g/mol. The summed E-state index contributed by atoms with van der Waals surface area (Å²) in [4.78, 5) is 8.45. The number of benzene rings is 1. The number of rotatable bonds is 4. The van der Waals surface area contributed by atoms with Gasteiger partial charge in [0.15, 0.2) is 0 Å². The predicted molar refractivity (Wildman–Crippen MR) is 113 cm³/mol. The van der Waals surface area contributed by atoms with E-state index in [1.807, 2.05) is 16.8 Å². The van der Waals surface area contributed by atoms with E-state index in [4.69, 9.17) is 32.9 Å². The number of fused-ring (bicyclic) bond motifs is 1. The highest BCUT2D eigenvalue weighted by molar-refractivity contribution is 6.30. The first-order valence-corrected chi connectivity index (χ1v) is 9.84. The molecule has 0 saturated heterocycles. The number of ether oxygens (including phenoxy) is 1. The first-order valence-electron chi connectivity index (χ1n) is 9.46. The van der Waals surface area contributed by atoms with E-state index < -0.39 is 5.82 Å². The Bertz CT molecular complexity index is 1230. The number of pyridine rings is 2. The molecule has 30 heavy (non-hydrogen) atoms. The van der Waals surface area contributed by atoms with Crippen molar-refractivity contribution in [2.75, 3.05) is 5.73 Å². The highest BCUT2D eigenvalue weighted by atomic mass is 35.5. The summed E-state index contributed by atoms with van der Waals surface area (Å²) in [5.41, 5.74) is 14.5. The van der Waals surface area contributed by atoms with Crippen LogP contribution in [0.5, 0.6) is 11.6 Å². The molecule has 1 aromatic carbocycles. The maximum absolute atomic E-state index is 13.6. The van der Waals surface area contributed by atoms with Gasteiger partial charge in [0.25, 0.3) is 0 Å². The summed E-state index contributed by atoms with van der Waals surface area (Å²) in [6, 6.07) is 9.83. The van der Waals surface area contributed by atoms with Crippen LogP contribution in [0.3, 0.4) is 0 Å². The molecule has 1 aliphatic rings. The lowest BCUT2D eigenvalue weighted by Crippen LogP contribution is -2.38. The van der Waals surface area contributed by atoms with E-state index in [0.29, 0.717) is 11.5 Å². The van der Waals surface area contributed by atoms with Crippen molar-refractivity contribution in [1.82, 2.24) is 19.7 Å². The molecule has 0 bridgehead atoms. The van der Waals surface area contributed by atoms with Crippen LogP contribution in [0.1, 0.15) is 18.9 Å². The van der Waals surface area contributed by atoms with Crippen LogP contribution in [0.15, 0.2) is 48.8 Å². The number of anilines is 1. The van der Waals surface area contributed by atoms with Gasteiger partial charge in [0.05, 0.1) is 16.9 Å². The smallest absolute Gasteiger partial charge is 0.219 e. The van der Waals surface area contributed by atoms with Gasteiger partial charge >= 0.3 is 0 Å². The summed E-state index contributed by atoms with van der Waals surface area (Å²) >= 11 is 5.91. The van der Waals surface area contributed by atoms with Gasteiger partial charge in [0.1, 0.15) is 23.1 Å². The molecule has 0 atom stereocenters. The second-order valence-corrected chi connectivity index (χ2v) is 7.80. The Labute approximate surface area is 176 Å². The van der Waals surface area contributed by atoms with E-state index in [1.54, 1.807) is 18.5 Å². The van der Waals surface area contributed by atoms with Crippen LogP contribution in [-0.2, 0) is 0 Å². The molecule has 0 unspecified atom stereocenters. The summed E-state index contributed by atoms with van der Waals surface area (Å²) in [6.45, 7) is 0. The Balaban J connectivity index is 1.56. The van der Waals surface area contributed by atoms with Crippen molar-refractivity contribution < 1.29 is 9.13 Å². The fourth-order valence-corrected chi connectivity index (χ4v) is 3.95. The molecule has 1 aliphatic carbocycles. The van der Waals surface area contributed by atoms with E-state index in [1.165, 1.54) is 18.2 Å². The van der Waals surface area contributed by atoms with Crippen LogP contribution in [0.4, 0.5) is 10.2 Å². The van der Waals surface area contributed by atoms with E-state index in [2.05, 4.69) is 9.97 Å². The number of nitrogens with two attached hydrogens (primary N) is 2. The Hall–Kier alpha value is -3.23. The molecular formula is C21H18ClFN6O. The number of hydrogen-bond acceptors (Lipinski definition) is 6. The molecule has 1 saturated carbocycles. The molecule has 3 heterocycles. The van der Waals surface area contributed by atoms with E-state index >= 15 is 0 Å². The highest BCUT2D eigenvalue weighted by Crippen LogP contribution is 2.38. The Kier molecular flexibility index (Phi) is 4.52. The predicted octanol–water partition coefficient (Wildman–Crippen LogP) is 4.32. The zero-order valence-electron chi connectivity index (χ0n) is 15.8. The standard InChI is InChI=1S/C21H18ClFN6O/c22-12-6-13(23)8-16(7-12)30-18-5-11(1-3-26-18)20-19-17(2-4-27-21(19)25)29(28-20)15-9-14(24)10-15/h1-8,14-15H,9-10,24H2,(H2,25,27)/t14-,15+. The number of nitrogens with zero attached hydrogens (tertiary/aromatic N) is 4. The van der Waals surface area contributed by atoms with Gasteiger partial charge in [-0.2, -0.15) is 5.10 Å². The molecule has 0 radical (unpaired) electrons. The van der Waals surface area contributed by atoms with Crippen molar-refractivity contribution in [2.24, 2.45) is 5.73 Å². The monoisotopic (exact) mass is 424 g/mol. The fraction of sp³-hybridized carbons (Fsp3) is 0.190. The Morgan fingerprint density at radius 1 is 1.10 bits per heavy atom. The summed E-state index contributed by atoms with van der Waals surface area (Å²) < 4.78 is 21.3. The Morgan fingerprint density at radius 2 is 1.90 bits per heavy atom. The van der Waals surface area contributed by atoms with E-state index in [-0.39, 0.29) is 28.7 Å². The van der Waals surface area contributed by atoms with Gasteiger partial charge in [-0.3, -0.25) is 4.68 Å². The molecule has 152 valence electrons. The maximum atomic E-state index is 13.6. The van der Waals surface area contributed by atoms with Gasteiger partial charge in [0, 0.05) is 41.2 Å². The quantitative estimate of drug-likeness (QED) is 0.505. The number of aromatic nitrogens is 4. The van der Waals surface area contributed by atoms with Crippen LogP contribution in [0.2, 0.25) is 5.02 Å². The molecule has 7 nitrogen and oxygen atoms in total. The molecule has 0 aliphatic heterocycles. The summed E-state index contributed by atoms with van der Waals surface area (Å²) in [6.07, 6.45) is 5.00. The van der Waals surface area contributed by atoms with Crippen LogP contribution in [0.25, 0.3) is 22.2 Å². The first kappa shape index (κ1) is 18.8. The molecule has 1 fully saturated rings. The Morgan fingerprint density at radius 3 is 2.67 bits per heavy atom. The third-order valence-corrected chi connectivity index (χ3v) is 5.43. The topological polar surface area (TPSA) is 105 Å². The van der Waals surface area contributed by atoms with Gasteiger partial charge in [-0.15, -0.1) is 0 Å². The minimum atomic E-state index is -0.490. The molecule has 0 amide bonds. The van der Waals surface area contributed by atoms with Crippen molar-refractivity contribution in [1.29, 1.82) is 0 Å². The zero-order chi connectivity index (χ0) is 20.8. The largest absolute Gasteiger partial charge is 0.439 e. The van der Waals surface area contributed by atoms with Crippen LogP contribution < -0.4 is 16.2 Å². The summed E-state index contributed by atoms with van der Waals surface area (Å²) in [5, 5.41) is 5.84.